The van der Waals surface area contributed by atoms with Gasteiger partial charge in [0.15, 0.2) is 0 Å². The van der Waals surface area contributed by atoms with Gasteiger partial charge in [-0.15, -0.1) is 0 Å². The molecule has 17 heavy (non-hydrogen) atoms. The Balaban J connectivity index is 1.96. The molecule has 3 rings (SSSR count). The van der Waals surface area contributed by atoms with Crippen molar-refractivity contribution in [1.82, 2.24) is 4.90 Å². The minimum atomic E-state index is 0.0666. The number of alkyl halides is 1. The normalized spacial score (nSPS) is 20.1. The molecule has 4 heteroatoms. The fourth-order valence-electron chi connectivity index (χ4n) is 2.22. The lowest BCUT2D eigenvalue weighted by Gasteiger charge is -2.14. The number of carbonyl (C=O) groups is 1. The summed E-state index contributed by atoms with van der Waals surface area (Å²) in [4.78, 5) is 14.6. The van der Waals surface area contributed by atoms with Crippen LogP contribution in [0.25, 0.3) is 11.0 Å². The van der Waals surface area contributed by atoms with Gasteiger partial charge in [0, 0.05) is 23.3 Å². The second-order valence-electron chi connectivity index (χ2n) is 4.28. The van der Waals surface area contributed by atoms with Crippen LogP contribution in [0.1, 0.15) is 16.8 Å². The number of fused-ring (bicyclic) bond motifs is 1. The molecule has 0 spiro atoms. The topological polar surface area (TPSA) is 33.5 Å². The van der Waals surface area contributed by atoms with E-state index < -0.39 is 0 Å². The number of amides is 1. The lowest BCUT2D eigenvalue weighted by molar-refractivity contribution is 0.0794. The van der Waals surface area contributed by atoms with Crippen LogP contribution in [0.2, 0.25) is 0 Å². The van der Waals surface area contributed by atoms with E-state index >= 15 is 0 Å². The summed E-state index contributed by atoms with van der Waals surface area (Å²) in [6.07, 6.45) is 2.58. The number of halogens is 1. The van der Waals surface area contributed by atoms with Crippen molar-refractivity contribution < 1.29 is 9.21 Å². The van der Waals surface area contributed by atoms with Gasteiger partial charge in [-0.05, 0) is 12.5 Å². The van der Waals surface area contributed by atoms with E-state index in [-0.39, 0.29) is 5.91 Å². The van der Waals surface area contributed by atoms with Crippen molar-refractivity contribution in [2.75, 3.05) is 13.1 Å². The maximum absolute atomic E-state index is 12.3. The lowest BCUT2D eigenvalue weighted by atomic mass is 10.1. The van der Waals surface area contributed by atoms with E-state index in [0.717, 1.165) is 30.5 Å². The number of nitrogens with zero attached hydrogens (tertiary/aromatic N) is 1. The van der Waals surface area contributed by atoms with Crippen molar-refractivity contribution in [2.24, 2.45) is 0 Å². The van der Waals surface area contributed by atoms with Gasteiger partial charge in [0.1, 0.15) is 11.8 Å². The van der Waals surface area contributed by atoms with Crippen molar-refractivity contribution >= 4 is 32.8 Å². The molecule has 0 bridgehead atoms. The molecule has 1 aliphatic rings. The molecule has 1 amide bonds. The highest BCUT2D eigenvalue weighted by Gasteiger charge is 2.27. The molecule has 0 saturated carbocycles. The van der Waals surface area contributed by atoms with Crippen molar-refractivity contribution in [3.05, 3.63) is 36.1 Å². The Hall–Kier alpha value is -1.29. The highest BCUT2D eigenvalue weighted by molar-refractivity contribution is 9.09. The number of hydrogen-bond donors (Lipinski definition) is 0. The molecule has 1 fully saturated rings. The van der Waals surface area contributed by atoms with Crippen LogP contribution in [-0.4, -0.2) is 28.7 Å². The Kier molecular flexibility index (Phi) is 2.67. The summed E-state index contributed by atoms with van der Waals surface area (Å²) in [5.74, 6) is 0.0666. The summed E-state index contributed by atoms with van der Waals surface area (Å²) in [6.45, 7) is 1.59. The van der Waals surface area contributed by atoms with Crippen molar-refractivity contribution in [3.63, 3.8) is 0 Å². The van der Waals surface area contributed by atoms with Gasteiger partial charge in [0.2, 0.25) is 0 Å². The first kappa shape index (κ1) is 10.8. The zero-order valence-electron chi connectivity index (χ0n) is 9.23. The molecule has 1 aromatic carbocycles. The number of benzene rings is 1. The summed E-state index contributed by atoms with van der Waals surface area (Å²) in [5, 5.41) is 0.899. The average molecular weight is 294 g/mol. The molecule has 2 aromatic rings. The molecular weight excluding hydrogens is 282 g/mol. The molecule has 88 valence electrons. The molecule has 1 saturated heterocycles. The van der Waals surface area contributed by atoms with Crippen LogP contribution in [0.5, 0.6) is 0 Å². The number of rotatable bonds is 1. The Bertz CT molecular complexity index is 563. The largest absolute Gasteiger partial charge is 0.463 e. The molecule has 1 unspecified atom stereocenters. The molecule has 0 radical (unpaired) electrons. The fourth-order valence-corrected chi connectivity index (χ4v) is 2.77. The maximum atomic E-state index is 12.3. The zero-order valence-corrected chi connectivity index (χ0v) is 10.8. The quantitative estimate of drug-likeness (QED) is 0.757. The van der Waals surface area contributed by atoms with Crippen LogP contribution in [0.15, 0.2) is 34.9 Å². The smallest absolute Gasteiger partial charge is 0.257 e. The number of para-hydroxylation sites is 1. The Morgan fingerprint density at radius 1 is 1.41 bits per heavy atom. The van der Waals surface area contributed by atoms with Gasteiger partial charge in [-0.1, -0.05) is 34.1 Å². The molecule has 1 aromatic heterocycles. The second kappa shape index (κ2) is 4.18. The molecule has 0 aliphatic carbocycles. The van der Waals surface area contributed by atoms with Gasteiger partial charge < -0.3 is 9.32 Å². The van der Waals surface area contributed by atoms with E-state index in [1.165, 1.54) is 0 Å². The third-order valence-corrected chi connectivity index (χ3v) is 3.88. The van der Waals surface area contributed by atoms with Crippen LogP contribution in [0, 0.1) is 0 Å². The monoisotopic (exact) mass is 293 g/mol. The van der Waals surface area contributed by atoms with Crippen LogP contribution < -0.4 is 0 Å². The average Bonchev–Trinajstić information content (AvgIpc) is 2.94. The number of furan rings is 1. The van der Waals surface area contributed by atoms with E-state index in [1.54, 1.807) is 6.26 Å². The predicted molar refractivity (Wildman–Crippen MR) is 69.4 cm³/mol. The van der Waals surface area contributed by atoms with Gasteiger partial charge in [-0.25, -0.2) is 0 Å². The van der Waals surface area contributed by atoms with Crippen molar-refractivity contribution in [2.45, 2.75) is 11.2 Å². The SMILES string of the molecule is O=C(c1coc2ccccc12)N1CCC(Br)C1. The van der Waals surface area contributed by atoms with Gasteiger partial charge in [-0.3, -0.25) is 4.79 Å². The molecule has 0 N–H and O–H groups in total. The Morgan fingerprint density at radius 3 is 3.00 bits per heavy atom. The van der Waals surface area contributed by atoms with E-state index in [4.69, 9.17) is 4.42 Å². The van der Waals surface area contributed by atoms with Crippen LogP contribution in [0.3, 0.4) is 0 Å². The summed E-state index contributed by atoms with van der Waals surface area (Å²) >= 11 is 3.54. The molecule has 3 nitrogen and oxygen atoms in total. The molecular formula is C13H12BrNO2. The Morgan fingerprint density at radius 2 is 2.24 bits per heavy atom. The van der Waals surface area contributed by atoms with Gasteiger partial charge in [0.05, 0.1) is 5.56 Å². The van der Waals surface area contributed by atoms with Crippen molar-refractivity contribution in [1.29, 1.82) is 0 Å². The highest BCUT2D eigenvalue weighted by Crippen LogP contribution is 2.25. The summed E-state index contributed by atoms with van der Waals surface area (Å²) in [6, 6.07) is 7.63. The summed E-state index contributed by atoms with van der Waals surface area (Å²) < 4.78 is 5.40. The minimum absolute atomic E-state index is 0.0666. The van der Waals surface area contributed by atoms with Gasteiger partial charge in [-0.2, -0.15) is 0 Å². The van der Waals surface area contributed by atoms with Gasteiger partial charge >= 0.3 is 0 Å². The standard InChI is InChI=1S/C13H12BrNO2/c14-9-5-6-15(7-9)13(16)11-8-17-12-4-2-1-3-10(11)12/h1-4,8-9H,5-7H2. The van der Waals surface area contributed by atoms with Gasteiger partial charge in [0.25, 0.3) is 5.91 Å². The molecule has 2 heterocycles. The summed E-state index contributed by atoms with van der Waals surface area (Å²) in [5.41, 5.74) is 1.44. The molecule has 1 atom stereocenters. The minimum Gasteiger partial charge on any atom is -0.463 e. The lowest BCUT2D eigenvalue weighted by Crippen LogP contribution is -2.28. The van der Waals surface area contributed by atoms with E-state index in [0.29, 0.717) is 10.4 Å². The van der Waals surface area contributed by atoms with Crippen LogP contribution in [0.4, 0.5) is 0 Å². The fraction of sp³-hybridized carbons (Fsp3) is 0.308. The zero-order chi connectivity index (χ0) is 11.8. The van der Waals surface area contributed by atoms with Crippen LogP contribution in [-0.2, 0) is 0 Å². The first-order valence-corrected chi connectivity index (χ1v) is 6.57. The van der Waals surface area contributed by atoms with E-state index in [1.807, 2.05) is 29.2 Å². The number of hydrogen-bond acceptors (Lipinski definition) is 2. The summed E-state index contributed by atoms with van der Waals surface area (Å²) in [7, 11) is 0. The maximum Gasteiger partial charge on any atom is 0.257 e. The number of carbonyl (C=O) groups excluding carboxylic acids is 1. The van der Waals surface area contributed by atoms with Crippen molar-refractivity contribution in [3.8, 4) is 0 Å². The third kappa shape index (κ3) is 1.86. The molecule has 1 aliphatic heterocycles. The predicted octanol–water partition coefficient (Wildman–Crippen LogP) is 3.04. The van der Waals surface area contributed by atoms with Crippen LogP contribution >= 0.6 is 15.9 Å². The number of likely N-dealkylation sites (tertiary alicyclic amines) is 1. The van der Waals surface area contributed by atoms with E-state index in [9.17, 15) is 4.79 Å². The third-order valence-electron chi connectivity index (χ3n) is 3.13. The van der Waals surface area contributed by atoms with E-state index in [2.05, 4.69) is 15.9 Å². The Labute approximate surface area is 108 Å². The second-order valence-corrected chi connectivity index (χ2v) is 5.58. The highest BCUT2D eigenvalue weighted by atomic mass is 79.9. The first-order valence-electron chi connectivity index (χ1n) is 5.65. The first-order chi connectivity index (χ1) is 8.25.